The molecule has 1 heterocycles. The van der Waals surface area contributed by atoms with Crippen LogP contribution >= 0.6 is 0 Å². The lowest BCUT2D eigenvalue weighted by Crippen LogP contribution is -2.34. The number of rotatable bonds is 3. The van der Waals surface area contributed by atoms with Crippen LogP contribution in [0.25, 0.3) is 0 Å². The van der Waals surface area contributed by atoms with E-state index in [4.69, 9.17) is 0 Å². The molecule has 18 heavy (non-hydrogen) atoms. The van der Waals surface area contributed by atoms with Crippen LogP contribution in [0.1, 0.15) is 6.92 Å². The first-order valence-corrected chi connectivity index (χ1v) is 5.86. The monoisotopic (exact) mass is 241 g/mol. The lowest BCUT2D eigenvalue weighted by molar-refractivity contribution is 0.257. The van der Waals surface area contributed by atoms with Gasteiger partial charge < -0.3 is 0 Å². The molecule has 2 rings (SSSR count). The van der Waals surface area contributed by atoms with Crippen molar-refractivity contribution in [2.24, 2.45) is 0 Å². The normalized spacial score (nSPS) is 9.83. The molecule has 0 aliphatic rings. The Morgan fingerprint density at radius 1 is 1.17 bits per heavy atom. The van der Waals surface area contributed by atoms with Crippen molar-refractivity contribution in [2.45, 2.75) is 6.92 Å². The first-order valence-electron chi connectivity index (χ1n) is 5.86. The molecule has 0 spiro atoms. The van der Waals surface area contributed by atoms with Crippen molar-refractivity contribution < 1.29 is 4.79 Å². The van der Waals surface area contributed by atoms with E-state index in [1.807, 2.05) is 49.4 Å². The van der Waals surface area contributed by atoms with E-state index in [-0.39, 0.29) is 6.03 Å². The molecule has 0 unspecified atom stereocenters. The van der Waals surface area contributed by atoms with Gasteiger partial charge in [0.15, 0.2) is 0 Å². The van der Waals surface area contributed by atoms with Crippen molar-refractivity contribution in [3.8, 4) is 0 Å². The summed E-state index contributed by atoms with van der Waals surface area (Å²) >= 11 is 0. The van der Waals surface area contributed by atoms with Crippen molar-refractivity contribution in [2.75, 3.05) is 16.8 Å². The van der Waals surface area contributed by atoms with Gasteiger partial charge in [-0.3, -0.25) is 10.2 Å². The van der Waals surface area contributed by atoms with Gasteiger partial charge >= 0.3 is 6.03 Å². The predicted molar refractivity (Wildman–Crippen MR) is 72.7 cm³/mol. The molecule has 1 N–H and O–H groups in total. The Bertz CT molecular complexity index is 499. The number of pyridine rings is 1. The molecule has 0 aliphatic carbocycles. The highest BCUT2D eigenvalue weighted by Gasteiger charge is 2.13. The molecule has 0 aliphatic heterocycles. The minimum atomic E-state index is -0.178. The second-order valence-corrected chi connectivity index (χ2v) is 3.72. The molecule has 4 nitrogen and oxygen atoms in total. The third-order valence-corrected chi connectivity index (χ3v) is 2.53. The summed E-state index contributed by atoms with van der Waals surface area (Å²) < 4.78 is 0. The molecule has 0 saturated carbocycles. The number of aromatic nitrogens is 1. The average Bonchev–Trinajstić information content (AvgIpc) is 2.42. The molecule has 2 amide bonds. The Hall–Kier alpha value is -2.36. The van der Waals surface area contributed by atoms with Crippen LogP contribution in [0.2, 0.25) is 0 Å². The van der Waals surface area contributed by atoms with E-state index in [0.29, 0.717) is 12.4 Å². The highest BCUT2D eigenvalue weighted by molar-refractivity contribution is 6.01. The lowest BCUT2D eigenvalue weighted by atomic mass is 10.3. The summed E-state index contributed by atoms with van der Waals surface area (Å²) in [7, 11) is 0. The number of amides is 2. The molecule has 0 radical (unpaired) electrons. The number of hydrogen-bond acceptors (Lipinski definition) is 2. The van der Waals surface area contributed by atoms with Crippen molar-refractivity contribution in [1.29, 1.82) is 0 Å². The van der Waals surface area contributed by atoms with Gasteiger partial charge in [0.1, 0.15) is 5.82 Å². The summed E-state index contributed by atoms with van der Waals surface area (Å²) in [5, 5.41) is 2.77. The maximum absolute atomic E-state index is 12.1. The van der Waals surface area contributed by atoms with Gasteiger partial charge in [-0.2, -0.15) is 0 Å². The number of benzene rings is 1. The van der Waals surface area contributed by atoms with Crippen LogP contribution in [-0.4, -0.2) is 17.6 Å². The zero-order chi connectivity index (χ0) is 12.8. The number of nitrogens with zero attached hydrogens (tertiary/aromatic N) is 2. The van der Waals surface area contributed by atoms with E-state index in [9.17, 15) is 4.79 Å². The van der Waals surface area contributed by atoms with Crippen molar-refractivity contribution >= 4 is 17.5 Å². The standard InChI is InChI=1S/C14H15N3O/c1-2-17(12-8-4-3-5-9-12)14(18)16-13-10-6-7-11-15-13/h3-11H,2H2,1H3,(H,15,16,18). The van der Waals surface area contributed by atoms with Gasteiger partial charge in [0.2, 0.25) is 0 Å². The zero-order valence-corrected chi connectivity index (χ0v) is 10.2. The molecule has 0 saturated heterocycles. The van der Waals surface area contributed by atoms with E-state index in [1.165, 1.54) is 0 Å². The van der Waals surface area contributed by atoms with Gasteiger partial charge in [0.05, 0.1) is 0 Å². The minimum absolute atomic E-state index is 0.178. The van der Waals surface area contributed by atoms with Crippen molar-refractivity contribution in [3.63, 3.8) is 0 Å². The van der Waals surface area contributed by atoms with Crippen LogP contribution in [-0.2, 0) is 0 Å². The fourth-order valence-electron chi connectivity index (χ4n) is 1.67. The molecule has 1 aromatic heterocycles. The van der Waals surface area contributed by atoms with Gasteiger partial charge in [-0.1, -0.05) is 24.3 Å². The van der Waals surface area contributed by atoms with Gasteiger partial charge in [-0.25, -0.2) is 9.78 Å². The highest BCUT2D eigenvalue weighted by atomic mass is 16.2. The second-order valence-electron chi connectivity index (χ2n) is 3.72. The molecule has 0 atom stereocenters. The van der Waals surface area contributed by atoms with E-state index >= 15 is 0 Å². The smallest absolute Gasteiger partial charge is 0.294 e. The van der Waals surface area contributed by atoms with E-state index in [0.717, 1.165) is 5.69 Å². The maximum atomic E-state index is 12.1. The Balaban J connectivity index is 2.12. The molecule has 1 aromatic carbocycles. The number of anilines is 2. The first-order chi connectivity index (χ1) is 8.81. The molecule has 4 heteroatoms. The lowest BCUT2D eigenvalue weighted by Gasteiger charge is -2.21. The highest BCUT2D eigenvalue weighted by Crippen LogP contribution is 2.14. The number of para-hydroxylation sites is 1. The van der Waals surface area contributed by atoms with Gasteiger partial charge in [-0.05, 0) is 31.2 Å². The van der Waals surface area contributed by atoms with Crippen LogP contribution in [0, 0.1) is 0 Å². The Morgan fingerprint density at radius 2 is 1.89 bits per heavy atom. The molecule has 92 valence electrons. The second kappa shape index (κ2) is 5.82. The fraction of sp³-hybridized carbons (Fsp3) is 0.143. The quantitative estimate of drug-likeness (QED) is 0.897. The molecular formula is C14H15N3O. The van der Waals surface area contributed by atoms with Gasteiger partial charge in [-0.15, -0.1) is 0 Å². The predicted octanol–water partition coefficient (Wildman–Crippen LogP) is 3.14. The fourth-order valence-corrected chi connectivity index (χ4v) is 1.67. The van der Waals surface area contributed by atoms with Crippen LogP contribution in [0.5, 0.6) is 0 Å². The van der Waals surface area contributed by atoms with E-state index < -0.39 is 0 Å². The van der Waals surface area contributed by atoms with Crippen LogP contribution in [0.4, 0.5) is 16.3 Å². The Kier molecular flexibility index (Phi) is 3.91. The van der Waals surface area contributed by atoms with Gasteiger partial charge in [0, 0.05) is 18.4 Å². The Labute approximate surface area is 106 Å². The van der Waals surface area contributed by atoms with Crippen LogP contribution < -0.4 is 10.2 Å². The maximum Gasteiger partial charge on any atom is 0.327 e. The molecule has 0 bridgehead atoms. The summed E-state index contributed by atoms with van der Waals surface area (Å²) in [5.41, 5.74) is 0.869. The summed E-state index contributed by atoms with van der Waals surface area (Å²) in [5.74, 6) is 0.553. The molecule has 2 aromatic rings. The number of carbonyl (C=O) groups excluding carboxylic acids is 1. The first kappa shape index (κ1) is 12.1. The largest absolute Gasteiger partial charge is 0.327 e. The third-order valence-electron chi connectivity index (χ3n) is 2.53. The number of carbonyl (C=O) groups is 1. The average molecular weight is 241 g/mol. The van der Waals surface area contributed by atoms with Crippen LogP contribution in [0.3, 0.4) is 0 Å². The molecular weight excluding hydrogens is 226 g/mol. The minimum Gasteiger partial charge on any atom is -0.294 e. The zero-order valence-electron chi connectivity index (χ0n) is 10.2. The number of hydrogen-bond donors (Lipinski definition) is 1. The summed E-state index contributed by atoms with van der Waals surface area (Å²) in [4.78, 5) is 17.9. The van der Waals surface area contributed by atoms with Crippen molar-refractivity contribution in [1.82, 2.24) is 4.98 Å². The SMILES string of the molecule is CCN(C(=O)Nc1ccccn1)c1ccccc1. The van der Waals surface area contributed by atoms with E-state index in [2.05, 4.69) is 10.3 Å². The summed E-state index contributed by atoms with van der Waals surface area (Å²) in [6, 6.07) is 14.8. The number of urea groups is 1. The third kappa shape index (κ3) is 2.85. The summed E-state index contributed by atoms with van der Waals surface area (Å²) in [6.45, 7) is 2.54. The van der Waals surface area contributed by atoms with E-state index in [1.54, 1.807) is 17.2 Å². The summed E-state index contributed by atoms with van der Waals surface area (Å²) in [6.07, 6.45) is 1.65. The topological polar surface area (TPSA) is 45.2 Å². The van der Waals surface area contributed by atoms with Crippen LogP contribution in [0.15, 0.2) is 54.7 Å². The number of nitrogens with one attached hydrogen (secondary N) is 1. The van der Waals surface area contributed by atoms with Gasteiger partial charge in [0.25, 0.3) is 0 Å². The molecule has 0 fully saturated rings. The van der Waals surface area contributed by atoms with Crippen molar-refractivity contribution in [3.05, 3.63) is 54.7 Å². The Morgan fingerprint density at radius 3 is 2.50 bits per heavy atom.